The third-order valence-electron chi connectivity index (χ3n) is 6.39. The average Bonchev–Trinajstić information content (AvgIpc) is 2.66. The highest BCUT2D eigenvalue weighted by molar-refractivity contribution is 6.23. The van der Waals surface area contributed by atoms with Crippen molar-refractivity contribution in [3.8, 4) is 0 Å². The Labute approximate surface area is 156 Å². The van der Waals surface area contributed by atoms with Crippen LogP contribution in [0.2, 0.25) is 0 Å². The van der Waals surface area contributed by atoms with Gasteiger partial charge in [-0.05, 0) is 24.8 Å². The van der Waals surface area contributed by atoms with Gasteiger partial charge >= 0.3 is 0 Å². The normalized spacial score (nSPS) is 35.6. The Morgan fingerprint density at radius 2 is 1.56 bits per heavy atom. The molecule has 0 amide bonds. The predicted octanol–water partition coefficient (Wildman–Crippen LogP) is 5.38. The molecule has 1 spiro atoms. The van der Waals surface area contributed by atoms with E-state index < -0.39 is 0 Å². The Hall–Kier alpha value is -1.35. The molecule has 0 saturated carbocycles. The van der Waals surface area contributed by atoms with E-state index in [9.17, 15) is 0 Å². The Morgan fingerprint density at radius 1 is 0.920 bits per heavy atom. The van der Waals surface area contributed by atoms with Crippen molar-refractivity contribution in [3.63, 3.8) is 0 Å². The van der Waals surface area contributed by atoms with Crippen LogP contribution < -0.4 is 5.43 Å². The van der Waals surface area contributed by atoms with Crippen molar-refractivity contribution >= 4 is 11.6 Å². The van der Waals surface area contributed by atoms with Gasteiger partial charge in [0.05, 0.1) is 12.5 Å². The first-order valence-electron chi connectivity index (χ1n) is 9.57. The van der Waals surface area contributed by atoms with E-state index in [2.05, 4.69) is 73.0 Å². The molecule has 2 aliphatic heterocycles. The molecule has 2 saturated heterocycles. The van der Waals surface area contributed by atoms with Gasteiger partial charge in [0.15, 0.2) is 5.00 Å². The summed E-state index contributed by atoms with van der Waals surface area (Å²) in [6.45, 7) is 4.41. The fraction of sp³-hybridized carbons (Fsp3) is 0.455. The summed E-state index contributed by atoms with van der Waals surface area (Å²) >= 11 is 7.46. The number of quaternary nitrogens is 1. The summed E-state index contributed by atoms with van der Waals surface area (Å²) in [6, 6.07) is 22.2. The van der Waals surface area contributed by atoms with Crippen molar-refractivity contribution < 1.29 is 4.59 Å². The van der Waals surface area contributed by atoms with Crippen molar-refractivity contribution in [1.29, 1.82) is 0 Å². The highest BCUT2D eigenvalue weighted by atomic mass is 35.5. The Kier molecular flexibility index (Phi) is 4.61. The topological polar surface area (TPSA) is 12.0 Å². The first-order valence-corrected chi connectivity index (χ1v) is 9.95. The smallest absolute Gasteiger partial charge is 0.196 e. The second kappa shape index (κ2) is 6.75. The minimum atomic E-state index is -0.361. The number of nitrogens with zero attached hydrogens (tertiary/aromatic N) is 1. The lowest BCUT2D eigenvalue weighted by molar-refractivity contribution is -1.04. The van der Waals surface area contributed by atoms with Gasteiger partial charge in [-0.1, -0.05) is 72.3 Å². The molecule has 4 rings (SSSR count). The van der Waals surface area contributed by atoms with E-state index in [1.165, 1.54) is 30.4 Å². The number of alkyl halides is 1. The fourth-order valence-corrected chi connectivity index (χ4v) is 5.65. The fourth-order valence-electron chi connectivity index (χ4n) is 5.16. The summed E-state index contributed by atoms with van der Waals surface area (Å²) < 4.78 is 0.804. The number of hydrogen-bond acceptors (Lipinski definition) is 1. The van der Waals surface area contributed by atoms with Crippen LogP contribution in [0.1, 0.15) is 55.7 Å². The van der Waals surface area contributed by atoms with Gasteiger partial charge in [-0.2, -0.15) is 5.43 Å². The zero-order valence-electron chi connectivity index (χ0n) is 15.0. The van der Waals surface area contributed by atoms with Crippen molar-refractivity contribution in [2.75, 3.05) is 13.1 Å². The summed E-state index contributed by atoms with van der Waals surface area (Å²) in [6.07, 6.45) is 4.77. The van der Waals surface area contributed by atoms with E-state index in [0.717, 1.165) is 24.1 Å². The van der Waals surface area contributed by atoms with E-state index in [-0.39, 0.29) is 5.00 Å². The zero-order chi connectivity index (χ0) is 17.3. The quantitative estimate of drug-likeness (QED) is 0.433. The maximum Gasteiger partial charge on any atom is 0.196 e. The Bertz CT molecular complexity index is 696. The van der Waals surface area contributed by atoms with Crippen LogP contribution in [0.5, 0.6) is 0 Å². The molecule has 0 bridgehead atoms. The summed E-state index contributed by atoms with van der Waals surface area (Å²) in [7, 11) is 0. The lowest BCUT2D eigenvalue weighted by Gasteiger charge is -2.59. The maximum absolute atomic E-state index is 7.46. The maximum atomic E-state index is 7.46. The molecule has 4 unspecified atom stereocenters. The van der Waals surface area contributed by atoms with Crippen LogP contribution in [0, 0.1) is 0 Å². The molecular formula is C22H28ClN2+. The second-order valence-electron chi connectivity index (χ2n) is 7.70. The lowest BCUT2D eigenvalue weighted by atomic mass is 9.80. The first kappa shape index (κ1) is 17.1. The molecule has 2 aromatic carbocycles. The minimum absolute atomic E-state index is 0.361. The molecule has 0 aromatic heterocycles. The predicted molar refractivity (Wildman–Crippen MR) is 104 cm³/mol. The highest BCUT2D eigenvalue weighted by Gasteiger charge is 2.59. The average molecular weight is 356 g/mol. The van der Waals surface area contributed by atoms with Gasteiger partial charge in [-0.25, -0.2) is 4.59 Å². The molecule has 132 valence electrons. The van der Waals surface area contributed by atoms with E-state index in [4.69, 9.17) is 11.6 Å². The molecule has 2 aliphatic rings. The van der Waals surface area contributed by atoms with Gasteiger partial charge in [-0.3, -0.25) is 0 Å². The van der Waals surface area contributed by atoms with Crippen LogP contribution in [0.4, 0.5) is 0 Å². The third kappa shape index (κ3) is 2.81. The number of rotatable bonds is 2. The molecule has 0 radical (unpaired) electrons. The largest absolute Gasteiger partial charge is 0.222 e. The molecule has 4 atom stereocenters. The van der Waals surface area contributed by atoms with E-state index in [1.54, 1.807) is 0 Å². The van der Waals surface area contributed by atoms with E-state index >= 15 is 0 Å². The second-order valence-corrected chi connectivity index (χ2v) is 8.46. The Morgan fingerprint density at radius 3 is 2.24 bits per heavy atom. The van der Waals surface area contributed by atoms with Gasteiger partial charge in [0.1, 0.15) is 6.04 Å². The third-order valence-corrected chi connectivity index (χ3v) is 6.95. The number of nitrogens with one attached hydrogen (secondary N) is 1. The minimum Gasteiger partial charge on any atom is -0.222 e. The van der Waals surface area contributed by atoms with E-state index in [0.29, 0.717) is 12.0 Å². The first-order chi connectivity index (χ1) is 12.2. The monoisotopic (exact) mass is 355 g/mol. The summed E-state index contributed by atoms with van der Waals surface area (Å²) in [5.41, 5.74) is 6.66. The van der Waals surface area contributed by atoms with Crippen molar-refractivity contribution in [2.24, 2.45) is 0 Å². The lowest BCUT2D eigenvalue weighted by Crippen LogP contribution is -2.74. The van der Waals surface area contributed by atoms with Gasteiger partial charge in [0.25, 0.3) is 0 Å². The zero-order valence-corrected chi connectivity index (χ0v) is 15.8. The molecule has 25 heavy (non-hydrogen) atoms. The van der Waals surface area contributed by atoms with Crippen LogP contribution in [0.3, 0.4) is 0 Å². The number of hydrogen-bond donors (Lipinski definition) is 1. The van der Waals surface area contributed by atoms with Crippen LogP contribution >= 0.6 is 11.6 Å². The molecule has 2 aromatic rings. The van der Waals surface area contributed by atoms with Crippen LogP contribution in [-0.4, -0.2) is 22.7 Å². The van der Waals surface area contributed by atoms with Crippen LogP contribution in [0.25, 0.3) is 0 Å². The number of piperidine rings is 1. The van der Waals surface area contributed by atoms with Crippen molar-refractivity contribution in [1.82, 2.24) is 5.43 Å². The molecule has 2 nitrogen and oxygen atoms in total. The van der Waals surface area contributed by atoms with Gasteiger partial charge in [0.2, 0.25) is 0 Å². The molecule has 3 heteroatoms. The molecular weight excluding hydrogens is 328 g/mol. The van der Waals surface area contributed by atoms with Gasteiger partial charge in [0, 0.05) is 25.5 Å². The Balaban J connectivity index is 1.77. The SMILES string of the molecule is CC1(Cl)C(c2ccccc2)CCC[N+]12NCCCC2c1ccccc1. The van der Waals surface area contributed by atoms with Crippen LogP contribution in [0.15, 0.2) is 60.7 Å². The number of halogens is 1. The van der Waals surface area contributed by atoms with Gasteiger partial charge in [-0.15, -0.1) is 0 Å². The summed E-state index contributed by atoms with van der Waals surface area (Å²) in [5, 5.41) is 0. The van der Waals surface area contributed by atoms with E-state index in [1.807, 2.05) is 0 Å². The molecule has 2 fully saturated rings. The van der Waals surface area contributed by atoms with Gasteiger partial charge < -0.3 is 0 Å². The summed E-state index contributed by atoms with van der Waals surface area (Å²) in [4.78, 5) is -0.361. The highest BCUT2D eigenvalue weighted by Crippen LogP contribution is 2.53. The van der Waals surface area contributed by atoms with Crippen LogP contribution in [-0.2, 0) is 0 Å². The summed E-state index contributed by atoms with van der Waals surface area (Å²) in [5.74, 6) is 0.362. The molecule has 2 heterocycles. The van der Waals surface area contributed by atoms with Crippen molar-refractivity contribution in [3.05, 3.63) is 71.8 Å². The molecule has 1 N–H and O–H groups in total. The van der Waals surface area contributed by atoms with Crippen molar-refractivity contribution in [2.45, 2.75) is 49.6 Å². The number of benzene rings is 2. The standard InChI is InChI=1S/C22H28ClN2/c1-22(23)20(18-10-4-2-5-11-18)14-9-17-25(22)21(15-8-16-24-25)19-12-6-3-7-13-19/h2-7,10-13,20-21,24H,8-9,14-17H2,1H3/q+1. The molecule has 0 aliphatic carbocycles.